The highest BCUT2D eigenvalue weighted by Gasteiger charge is 2.24. The highest BCUT2D eigenvalue weighted by atomic mass is 16.6. The van der Waals surface area contributed by atoms with Crippen LogP contribution in [0.15, 0.2) is 91.5 Å². The van der Waals surface area contributed by atoms with Gasteiger partial charge in [0, 0.05) is 19.6 Å². The lowest BCUT2D eigenvalue weighted by atomic mass is 9.92. The van der Waals surface area contributed by atoms with Gasteiger partial charge in [-0.2, -0.15) is 0 Å². The van der Waals surface area contributed by atoms with E-state index in [1.807, 2.05) is 64.1 Å². The SMILES string of the molecule is C=C(C)c1cccc(C(C)(C)NC(=O)OCCOC(C)COCCN(Cc2ccccc2)Cc2ccccc2)c1. The molecule has 0 bridgehead atoms. The summed E-state index contributed by atoms with van der Waals surface area (Å²) in [4.78, 5) is 14.8. The fraction of sp³-hybridized carbons (Fsp3) is 0.382. The Morgan fingerprint density at radius 3 is 2.12 bits per heavy atom. The van der Waals surface area contributed by atoms with Crippen molar-refractivity contribution in [3.63, 3.8) is 0 Å². The molecule has 0 aliphatic rings. The van der Waals surface area contributed by atoms with Gasteiger partial charge >= 0.3 is 6.09 Å². The van der Waals surface area contributed by atoms with Gasteiger partial charge in [-0.05, 0) is 56.0 Å². The van der Waals surface area contributed by atoms with Crippen LogP contribution in [0.4, 0.5) is 4.79 Å². The van der Waals surface area contributed by atoms with Crippen LogP contribution in [0.3, 0.4) is 0 Å². The molecule has 0 fully saturated rings. The molecule has 0 aliphatic heterocycles. The van der Waals surface area contributed by atoms with E-state index in [1.165, 1.54) is 11.1 Å². The van der Waals surface area contributed by atoms with Crippen molar-refractivity contribution in [3.8, 4) is 0 Å². The van der Waals surface area contributed by atoms with Crippen LogP contribution in [-0.2, 0) is 32.8 Å². The van der Waals surface area contributed by atoms with Crippen molar-refractivity contribution in [2.75, 3.05) is 33.0 Å². The summed E-state index contributed by atoms with van der Waals surface area (Å²) in [6.45, 7) is 15.9. The van der Waals surface area contributed by atoms with Crippen molar-refractivity contribution >= 4 is 11.7 Å². The fourth-order valence-corrected chi connectivity index (χ4v) is 4.31. The Labute approximate surface area is 240 Å². The first-order chi connectivity index (χ1) is 19.2. The number of nitrogens with zero attached hydrogens (tertiary/aromatic N) is 1. The molecule has 3 rings (SSSR count). The number of amides is 1. The topological polar surface area (TPSA) is 60.0 Å². The van der Waals surface area contributed by atoms with Crippen LogP contribution in [0.5, 0.6) is 0 Å². The maximum Gasteiger partial charge on any atom is 0.407 e. The van der Waals surface area contributed by atoms with Gasteiger partial charge in [-0.1, -0.05) is 91.0 Å². The number of nitrogens with one attached hydrogen (secondary N) is 1. The minimum Gasteiger partial charge on any atom is -0.447 e. The number of benzene rings is 3. The number of carbonyl (C=O) groups is 1. The van der Waals surface area contributed by atoms with Crippen LogP contribution in [0.2, 0.25) is 0 Å². The van der Waals surface area contributed by atoms with E-state index in [0.717, 1.165) is 36.3 Å². The maximum absolute atomic E-state index is 12.4. The summed E-state index contributed by atoms with van der Waals surface area (Å²) in [6, 6.07) is 29.0. The molecule has 0 heterocycles. The van der Waals surface area contributed by atoms with Gasteiger partial charge in [0.15, 0.2) is 0 Å². The van der Waals surface area contributed by atoms with E-state index in [2.05, 4.69) is 65.3 Å². The summed E-state index contributed by atoms with van der Waals surface area (Å²) < 4.78 is 17.1. The summed E-state index contributed by atoms with van der Waals surface area (Å²) in [5.41, 5.74) is 4.99. The van der Waals surface area contributed by atoms with E-state index < -0.39 is 11.6 Å². The van der Waals surface area contributed by atoms with Gasteiger partial charge in [-0.25, -0.2) is 4.79 Å². The zero-order valence-corrected chi connectivity index (χ0v) is 24.4. The maximum atomic E-state index is 12.4. The number of carbonyl (C=O) groups excluding carboxylic acids is 1. The number of hydrogen-bond acceptors (Lipinski definition) is 5. The van der Waals surface area contributed by atoms with Gasteiger partial charge in [-0.3, -0.25) is 4.90 Å². The zero-order valence-electron chi connectivity index (χ0n) is 24.4. The molecule has 1 unspecified atom stereocenters. The molecule has 3 aromatic carbocycles. The molecule has 0 aromatic heterocycles. The Morgan fingerprint density at radius 1 is 0.900 bits per heavy atom. The molecular formula is C34H44N2O4. The Hall–Kier alpha value is -3.45. The van der Waals surface area contributed by atoms with E-state index >= 15 is 0 Å². The molecule has 1 N–H and O–H groups in total. The van der Waals surface area contributed by atoms with Crippen molar-refractivity contribution in [2.24, 2.45) is 0 Å². The predicted molar refractivity (Wildman–Crippen MR) is 162 cm³/mol. The number of rotatable bonds is 16. The van der Waals surface area contributed by atoms with Crippen molar-refractivity contribution in [1.82, 2.24) is 10.2 Å². The third-order valence-electron chi connectivity index (χ3n) is 6.61. The van der Waals surface area contributed by atoms with E-state index in [4.69, 9.17) is 14.2 Å². The van der Waals surface area contributed by atoms with Crippen LogP contribution in [0.1, 0.15) is 49.9 Å². The fourth-order valence-electron chi connectivity index (χ4n) is 4.31. The van der Waals surface area contributed by atoms with E-state index in [1.54, 1.807) is 0 Å². The highest BCUT2D eigenvalue weighted by Crippen LogP contribution is 2.23. The van der Waals surface area contributed by atoms with Gasteiger partial charge in [0.1, 0.15) is 6.61 Å². The molecule has 6 heteroatoms. The lowest BCUT2D eigenvalue weighted by molar-refractivity contribution is -0.0249. The standard InChI is InChI=1S/C34H44N2O4/c1-27(2)31-17-12-18-32(23-31)34(4,5)35-33(37)40-22-21-39-28(3)26-38-20-19-36(24-29-13-8-6-9-14-29)25-30-15-10-7-11-16-30/h6-18,23,28H,1,19-22,24-26H2,2-5H3,(H,35,37). The predicted octanol–water partition coefficient (Wildman–Crippen LogP) is 6.81. The Morgan fingerprint density at radius 2 is 1.52 bits per heavy atom. The van der Waals surface area contributed by atoms with Crippen molar-refractivity contribution < 1.29 is 19.0 Å². The molecule has 0 radical (unpaired) electrons. The van der Waals surface area contributed by atoms with Crippen LogP contribution in [0, 0.1) is 0 Å². The summed E-state index contributed by atoms with van der Waals surface area (Å²) in [5, 5.41) is 2.94. The van der Waals surface area contributed by atoms with Crippen molar-refractivity contribution in [1.29, 1.82) is 0 Å². The normalized spacial score (nSPS) is 12.2. The Bertz CT molecular complexity index is 1140. The van der Waals surface area contributed by atoms with Gasteiger partial charge in [0.25, 0.3) is 0 Å². The number of hydrogen-bond donors (Lipinski definition) is 1. The van der Waals surface area contributed by atoms with E-state index in [9.17, 15) is 4.79 Å². The van der Waals surface area contributed by atoms with Crippen LogP contribution >= 0.6 is 0 Å². The zero-order chi connectivity index (χ0) is 28.8. The second kappa shape index (κ2) is 16.0. The lowest BCUT2D eigenvalue weighted by Gasteiger charge is -2.27. The molecule has 0 aliphatic carbocycles. The molecule has 1 atom stereocenters. The second-order valence-corrected chi connectivity index (χ2v) is 10.7. The van der Waals surface area contributed by atoms with Gasteiger partial charge < -0.3 is 19.5 Å². The molecule has 0 spiro atoms. The van der Waals surface area contributed by atoms with E-state index in [-0.39, 0.29) is 12.7 Å². The summed E-state index contributed by atoms with van der Waals surface area (Å²) in [5.74, 6) is 0. The van der Waals surface area contributed by atoms with Crippen molar-refractivity contribution in [3.05, 3.63) is 114 Å². The average Bonchev–Trinajstić information content (AvgIpc) is 2.94. The third kappa shape index (κ3) is 11.0. The summed E-state index contributed by atoms with van der Waals surface area (Å²) >= 11 is 0. The van der Waals surface area contributed by atoms with Crippen LogP contribution in [-0.4, -0.2) is 50.1 Å². The second-order valence-electron chi connectivity index (χ2n) is 10.7. The average molecular weight is 545 g/mol. The molecule has 3 aromatic rings. The smallest absolute Gasteiger partial charge is 0.407 e. The molecule has 6 nitrogen and oxygen atoms in total. The first-order valence-electron chi connectivity index (χ1n) is 13.9. The monoisotopic (exact) mass is 544 g/mol. The largest absolute Gasteiger partial charge is 0.447 e. The molecule has 0 saturated heterocycles. The summed E-state index contributed by atoms with van der Waals surface area (Å²) in [6.07, 6.45) is -0.583. The number of ether oxygens (including phenoxy) is 3. The van der Waals surface area contributed by atoms with Crippen LogP contribution in [0.25, 0.3) is 5.57 Å². The molecule has 1 amide bonds. The van der Waals surface area contributed by atoms with Gasteiger partial charge in [0.2, 0.25) is 0 Å². The highest BCUT2D eigenvalue weighted by molar-refractivity contribution is 5.69. The first kappa shape index (κ1) is 31.1. The minimum atomic E-state index is -0.584. The minimum absolute atomic E-state index is 0.107. The number of allylic oxidation sites excluding steroid dienone is 1. The van der Waals surface area contributed by atoms with Gasteiger partial charge in [-0.15, -0.1) is 0 Å². The molecule has 214 valence electrons. The van der Waals surface area contributed by atoms with Crippen molar-refractivity contribution in [2.45, 2.75) is 52.4 Å². The molecule has 0 saturated carbocycles. The lowest BCUT2D eigenvalue weighted by Crippen LogP contribution is -2.41. The van der Waals surface area contributed by atoms with Gasteiger partial charge in [0.05, 0.1) is 31.5 Å². The molecule has 40 heavy (non-hydrogen) atoms. The van der Waals surface area contributed by atoms with E-state index in [0.29, 0.717) is 19.8 Å². The Kier molecular flexibility index (Phi) is 12.4. The summed E-state index contributed by atoms with van der Waals surface area (Å²) in [7, 11) is 0. The first-order valence-corrected chi connectivity index (χ1v) is 13.9. The van der Waals surface area contributed by atoms with Crippen LogP contribution < -0.4 is 5.32 Å². The quantitative estimate of drug-likeness (QED) is 0.201. The number of alkyl carbamates (subject to hydrolysis) is 1. The third-order valence-corrected chi connectivity index (χ3v) is 6.61. The Balaban J connectivity index is 1.34. The molecular weight excluding hydrogens is 500 g/mol.